The maximum atomic E-state index is 15.1. The number of hydrogen-bond donors (Lipinski definition) is 4. The number of carboxylic acid groups (broad SMARTS) is 1. The lowest BCUT2D eigenvalue weighted by Crippen LogP contribution is -2.50. The fourth-order valence-corrected chi connectivity index (χ4v) is 5.15. The van der Waals surface area contributed by atoms with Crippen LogP contribution in [0.2, 0.25) is 0 Å². The van der Waals surface area contributed by atoms with E-state index in [0.717, 1.165) is 4.57 Å². The molecule has 0 spiro atoms. The molecule has 43 heavy (non-hydrogen) atoms. The fourth-order valence-electron chi connectivity index (χ4n) is 5.15. The Morgan fingerprint density at radius 2 is 1.98 bits per heavy atom. The summed E-state index contributed by atoms with van der Waals surface area (Å²) in [6.07, 6.45) is -6.05. The maximum Gasteiger partial charge on any atom is 0.406 e. The number of ether oxygens (including phenoxy) is 2. The SMILES string of the molecule is COC[C@H](O)CN1CC[C@@H](Nc2cccc3c2cc(C#CCNc2ccc(C(=O)O)cc2OC)n3CC(F)(F)F)[C@@H](F)C1. The number of rotatable bonds is 11. The van der Waals surface area contributed by atoms with Crippen LogP contribution in [0.4, 0.5) is 28.9 Å². The quantitative estimate of drug-likeness (QED) is 0.190. The Kier molecular flexibility index (Phi) is 10.4. The van der Waals surface area contributed by atoms with Crippen molar-refractivity contribution in [3.63, 3.8) is 0 Å². The van der Waals surface area contributed by atoms with Crippen LogP contribution in [0.3, 0.4) is 0 Å². The molecule has 1 fully saturated rings. The highest BCUT2D eigenvalue weighted by Crippen LogP contribution is 2.32. The number of aliphatic hydroxyl groups excluding tert-OH is 1. The van der Waals surface area contributed by atoms with Gasteiger partial charge in [-0.3, -0.25) is 4.90 Å². The number of likely N-dealkylation sites (tertiary alicyclic amines) is 1. The van der Waals surface area contributed by atoms with E-state index < -0.39 is 37.0 Å². The lowest BCUT2D eigenvalue weighted by atomic mass is 10.0. The molecule has 232 valence electrons. The molecule has 2 heterocycles. The van der Waals surface area contributed by atoms with E-state index in [1.54, 1.807) is 24.3 Å². The normalized spacial score (nSPS) is 18.1. The standard InChI is InChI=1S/C30H34F4N4O5/c1-42-17-21(39)15-37-12-10-25(23(31)16-37)36-24-6-3-7-27-22(24)14-20(38(27)18-30(32,33)34)5-4-11-35-26-9-8-19(29(40)41)13-28(26)43-2/h3,6-9,13-14,21,23,25,35-36,39H,10-12,15-18H2,1-2H3,(H,40,41)/t21-,23+,25-/m1/s1. The molecule has 9 nitrogen and oxygen atoms in total. The summed E-state index contributed by atoms with van der Waals surface area (Å²) >= 11 is 0. The predicted octanol–water partition coefficient (Wildman–Crippen LogP) is 4.21. The number of piperidine rings is 1. The summed E-state index contributed by atoms with van der Waals surface area (Å²) in [6.45, 7) is -0.123. The Balaban J connectivity index is 1.53. The van der Waals surface area contributed by atoms with Gasteiger partial charge in [0.05, 0.1) is 54.9 Å². The highest BCUT2D eigenvalue weighted by atomic mass is 19.4. The number of alkyl halides is 4. The van der Waals surface area contributed by atoms with Crippen molar-refractivity contribution in [3.8, 4) is 17.6 Å². The molecule has 0 bridgehead atoms. The second kappa shape index (κ2) is 14.0. The summed E-state index contributed by atoms with van der Waals surface area (Å²) < 4.78 is 67.1. The van der Waals surface area contributed by atoms with Gasteiger partial charge in [-0.2, -0.15) is 13.2 Å². The Hall–Kier alpha value is -3.99. The molecule has 0 saturated carbocycles. The summed E-state index contributed by atoms with van der Waals surface area (Å²) in [5.41, 5.74) is 1.46. The molecule has 4 rings (SSSR count). The van der Waals surface area contributed by atoms with Crippen molar-refractivity contribution in [2.75, 3.05) is 57.6 Å². The number of carboxylic acids is 1. The Morgan fingerprint density at radius 3 is 2.65 bits per heavy atom. The van der Waals surface area contributed by atoms with Crippen molar-refractivity contribution in [1.82, 2.24) is 9.47 Å². The fraction of sp³-hybridized carbons (Fsp3) is 0.433. The van der Waals surface area contributed by atoms with Crippen LogP contribution in [0, 0.1) is 11.8 Å². The molecule has 1 saturated heterocycles. The summed E-state index contributed by atoms with van der Waals surface area (Å²) in [5, 5.41) is 25.8. The summed E-state index contributed by atoms with van der Waals surface area (Å²) in [4.78, 5) is 13.0. The molecular weight excluding hydrogens is 572 g/mol. The lowest BCUT2D eigenvalue weighted by molar-refractivity contribution is -0.140. The van der Waals surface area contributed by atoms with Gasteiger partial charge in [0.15, 0.2) is 0 Å². The first-order chi connectivity index (χ1) is 20.5. The molecule has 1 aliphatic rings. The molecule has 0 aliphatic carbocycles. The number of methoxy groups -OCH3 is 2. The number of nitrogens with zero attached hydrogens (tertiary/aromatic N) is 2. The first kappa shape index (κ1) is 31.9. The van der Waals surface area contributed by atoms with Gasteiger partial charge in [0.2, 0.25) is 0 Å². The second-order valence-corrected chi connectivity index (χ2v) is 10.3. The van der Waals surface area contributed by atoms with Crippen molar-refractivity contribution < 1.29 is 42.0 Å². The largest absolute Gasteiger partial charge is 0.495 e. The minimum Gasteiger partial charge on any atom is -0.495 e. The molecule has 0 unspecified atom stereocenters. The zero-order chi connectivity index (χ0) is 31.1. The van der Waals surface area contributed by atoms with E-state index in [9.17, 15) is 23.1 Å². The van der Waals surface area contributed by atoms with E-state index in [0.29, 0.717) is 35.2 Å². The van der Waals surface area contributed by atoms with Crippen molar-refractivity contribution in [3.05, 3.63) is 53.7 Å². The maximum absolute atomic E-state index is 15.1. The number of β-amino-alcohol motifs (C(OH)–C–C–N with tert-alkyl or cyclic N) is 1. The number of nitrogens with one attached hydrogen (secondary N) is 2. The summed E-state index contributed by atoms with van der Waals surface area (Å²) in [6, 6.07) is 10.2. The topological polar surface area (TPSA) is 108 Å². The third-order valence-electron chi connectivity index (χ3n) is 7.11. The minimum absolute atomic E-state index is 0.0417. The monoisotopic (exact) mass is 606 g/mol. The molecule has 4 N–H and O–H groups in total. The van der Waals surface area contributed by atoms with Crippen molar-refractivity contribution in [2.45, 2.75) is 37.5 Å². The first-order valence-electron chi connectivity index (χ1n) is 13.6. The zero-order valence-electron chi connectivity index (χ0n) is 23.7. The van der Waals surface area contributed by atoms with Crippen molar-refractivity contribution >= 4 is 28.2 Å². The van der Waals surface area contributed by atoms with Gasteiger partial charge in [-0.1, -0.05) is 12.0 Å². The van der Waals surface area contributed by atoms with Crippen LogP contribution in [0.25, 0.3) is 10.9 Å². The Labute approximate surface area is 246 Å². The highest BCUT2D eigenvalue weighted by Gasteiger charge is 2.32. The van der Waals surface area contributed by atoms with Gasteiger partial charge in [0.25, 0.3) is 0 Å². The number of anilines is 2. The van der Waals surface area contributed by atoms with Crippen molar-refractivity contribution in [2.24, 2.45) is 0 Å². The van der Waals surface area contributed by atoms with Crippen LogP contribution in [0.5, 0.6) is 5.75 Å². The Morgan fingerprint density at radius 1 is 1.19 bits per heavy atom. The van der Waals surface area contributed by atoms with E-state index in [2.05, 4.69) is 22.5 Å². The van der Waals surface area contributed by atoms with Crippen LogP contribution >= 0.6 is 0 Å². The molecule has 1 aromatic heterocycles. The van der Waals surface area contributed by atoms with Crippen molar-refractivity contribution in [1.29, 1.82) is 0 Å². The number of carbonyl (C=O) groups is 1. The van der Waals surface area contributed by atoms with Gasteiger partial charge in [0.1, 0.15) is 18.5 Å². The molecule has 1 aliphatic heterocycles. The van der Waals surface area contributed by atoms with Crippen LogP contribution in [-0.2, 0) is 11.3 Å². The number of aromatic carboxylic acids is 1. The van der Waals surface area contributed by atoms with Crippen LogP contribution in [-0.4, -0.2) is 97.1 Å². The second-order valence-electron chi connectivity index (χ2n) is 10.3. The number of benzene rings is 2. The Bertz CT molecular complexity index is 1480. The lowest BCUT2D eigenvalue weighted by Gasteiger charge is -2.36. The average molecular weight is 607 g/mol. The van der Waals surface area contributed by atoms with E-state index in [1.165, 1.54) is 32.4 Å². The molecular formula is C30H34F4N4O5. The molecule has 2 aromatic carbocycles. The molecule has 3 atom stereocenters. The zero-order valence-corrected chi connectivity index (χ0v) is 23.7. The van der Waals surface area contributed by atoms with E-state index in [-0.39, 0.29) is 43.2 Å². The van der Waals surface area contributed by atoms with Gasteiger partial charge < -0.3 is 34.9 Å². The highest BCUT2D eigenvalue weighted by molar-refractivity contribution is 5.94. The number of fused-ring (bicyclic) bond motifs is 1. The van der Waals surface area contributed by atoms with Gasteiger partial charge in [-0.05, 0) is 48.7 Å². The van der Waals surface area contributed by atoms with Crippen LogP contribution < -0.4 is 15.4 Å². The summed E-state index contributed by atoms with van der Waals surface area (Å²) in [7, 11) is 2.87. The van der Waals surface area contributed by atoms with Gasteiger partial charge in [0, 0.05) is 37.8 Å². The van der Waals surface area contributed by atoms with Crippen LogP contribution in [0.1, 0.15) is 22.5 Å². The third-order valence-corrected chi connectivity index (χ3v) is 7.11. The van der Waals surface area contributed by atoms with Crippen LogP contribution in [0.15, 0.2) is 42.5 Å². The number of hydrogen-bond acceptors (Lipinski definition) is 7. The van der Waals surface area contributed by atoms with Gasteiger partial charge in [-0.15, -0.1) is 0 Å². The average Bonchev–Trinajstić information content (AvgIpc) is 3.29. The number of aromatic nitrogens is 1. The molecule has 13 heteroatoms. The third kappa shape index (κ3) is 8.31. The van der Waals surface area contributed by atoms with Gasteiger partial charge >= 0.3 is 12.1 Å². The van der Waals surface area contributed by atoms with E-state index in [4.69, 9.17) is 14.6 Å². The predicted molar refractivity (Wildman–Crippen MR) is 155 cm³/mol. The number of aliphatic hydroxyl groups is 1. The minimum atomic E-state index is -4.51. The van der Waals surface area contributed by atoms with Gasteiger partial charge in [-0.25, -0.2) is 9.18 Å². The number of halogens is 4. The molecule has 0 radical (unpaired) electrons. The molecule has 3 aromatic rings. The van der Waals surface area contributed by atoms with E-state index in [1.807, 2.05) is 4.90 Å². The van der Waals surface area contributed by atoms with E-state index >= 15 is 4.39 Å². The molecule has 0 amide bonds. The smallest absolute Gasteiger partial charge is 0.406 e. The first-order valence-corrected chi connectivity index (χ1v) is 13.6. The summed E-state index contributed by atoms with van der Waals surface area (Å²) in [5.74, 6) is 4.81.